The minimum absolute atomic E-state index is 0.00137. The maximum atomic E-state index is 10.9. The molecule has 1 unspecified atom stereocenters. The van der Waals surface area contributed by atoms with Gasteiger partial charge >= 0.3 is 0 Å². The largest absolute Gasteiger partial charge is 0.393 e. The zero-order chi connectivity index (χ0) is 12.2. The Morgan fingerprint density at radius 1 is 1.38 bits per heavy atom. The Morgan fingerprint density at radius 3 is 2.56 bits per heavy atom. The van der Waals surface area contributed by atoms with E-state index in [-0.39, 0.29) is 12.2 Å². The smallest absolute Gasteiger partial charge is 0.147 e. The van der Waals surface area contributed by atoms with Gasteiger partial charge in [0.05, 0.1) is 11.9 Å². The van der Waals surface area contributed by atoms with E-state index < -0.39 is 15.9 Å². The molecular formula is C11H15ClO3S. The summed E-state index contributed by atoms with van der Waals surface area (Å²) in [6.07, 6.45) is 1.11. The van der Waals surface area contributed by atoms with Crippen molar-refractivity contribution < 1.29 is 13.5 Å². The van der Waals surface area contributed by atoms with Gasteiger partial charge in [0.25, 0.3) is 0 Å². The molecule has 1 N–H and O–H groups in total. The van der Waals surface area contributed by atoms with E-state index in [0.717, 1.165) is 11.8 Å². The summed E-state index contributed by atoms with van der Waals surface area (Å²) >= 11 is 5.93. The second-order valence-electron chi connectivity index (χ2n) is 3.87. The van der Waals surface area contributed by atoms with Crippen molar-refractivity contribution in [3.63, 3.8) is 0 Å². The number of rotatable bonds is 5. The summed E-state index contributed by atoms with van der Waals surface area (Å²) in [4.78, 5) is 0. The highest BCUT2D eigenvalue weighted by Gasteiger charge is 2.11. The number of halogens is 1. The summed E-state index contributed by atoms with van der Waals surface area (Å²) in [7, 11) is -3.01. The lowest BCUT2D eigenvalue weighted by atomic mass is 10.1. The fourth-order valence-corrected chi connectivity index (χ4v) is 2.28. The maximum Gasteiger partial charge on any atom is 0.147 e. The third kappa shape index (κ3) is 4.96. The molecular weight excluding hydrogens is 248 g/mol. The summed E-state index contributed by atoms with van der Waals surface area (Å²) in [5.74, 6) is -0.00137. The summed E-state index contributed by atoms with van der Waals surface area (Å²) in [6, 6.07) is 7.23. The van der Waals surface area contributed by atoms with Crippen molar-refractivity contribution in [2.24, 2.45) is 0 Å². The van der Waals surface area contributed by atoms with Crippen LogP contribution in [0.1, 0.15) is 12.0 Å². The van der Waals surface area contributed by atoms with Crippen LogP contribution in [0, 0.1) is 0 Å². The van der Waals surface area contributed by atoms with Crippen LogP contribution in [0.5, 0.6) is 0 Å². The highest BCUT2D eigenvalue weighted by Crippen LogP contribution is 2.17. The molecule has 0 saturated heterocycles. The first-order chi connectivity index (χ1) is 7.38. The quantitative estimate of drug-likeness (QED) is 0.878. The number of benzene rings is 1. The first kappa shape index (κ1) is 13.5. The molecule has 0 aliphatic heterocycles. The number of hydrogen-bond donors (Lipinski definition) is 1. The molecule has 0 heterocycles. The van der Waals surface area contributed by atoms with E-state index in [2.05, 4.69) is 0 Å². The van der Waals surface area contributed by atoms with Crippen LogP contribution in [0.3, 0.4) is 0 Å². The van der Waals surface area contributed by atoms with Crippen LogP contribution in [0.15, 0.2) is 24.3 Å². The predicted molar refractivity (Wildman–Crippen MR) is 65.5 cm³/mol. The molecule has 0 spiro atoms. The lowest BCUT2D eigenvalue weighted by molar-refractivity contribution is 0.171. The van der Waals surface area contributed by atoms with Gasteiger partial charge in [-0.05, 0) is 24.5 Å². The molecule has 0 amide bonds. The fourth-order valence-electron chi connectivity index (χ4n) is 1.37. The second kappa shape index (κ2) is 5.66. The molecule has 5 heteroatoms. The SMILES string of the molecule is CS(=O)(=O)CCC(O)Cc1ccccc1Cl. The van der Waals surface area contributed by atoms with E-state index in [1.54, 1.807) is 6.07 Å². The van der Waals surface area contributed by atoms with Gasteiger partial charge in [-0.15, -0.1) is 0 Å². The summed E-state index contributed by atoms with van der Waals surface area (Å²) in [5.41, 5.74) is 0.838. The maximum absolute atomic E-state index is 10.9. The second-order valence-corrected chi connectivity index (χ2v) is 6.53. The van der Waals surface area contributed by atoms with Gasteiger partial charge in [-0.1, -0.05) is 29.8 Å². The molecule has 0 aromatic heterocycles. The first-order valence-electron chi connectivity index (χ1n) is 4.97. The zero-order valence-electron chi connectivity index (χ0n) is 9.06. The average Bonchev–Trinajstić information content (AvgIpc) is 2.18. The molecule has 3 nitrogen and oxygen atoms in total. The van der Waals surface area contributed by atoms with Crippen molar-refractivity contribution >= 4 is 21.4 Å². The molecule has 90 valence electrons. The van der Waals surface area contributed by atoms with Crippen LogP contribution in [-0.4, -0.2) is 31.6 Å². The minimum atomic E-state index is -3.01. The van der Waals surface area contributed by atoms with E-state index >= 15 is 0 Å². The zero-order valence-corrected chi connectivity index (χ0v) is 10.6. The molecule has 0 bridgehead atoms. The molecule has 16 heavy (non-hydrogen) atoms. The molecule has 0 aliphatic rings. The Hall–Kier alpha value is -0.580. The average molecular weight is 263 g/mol. The van der Waals surface area contributed by atoms with Gasteiger partial charge in [0, 0.05) is 11.3 Å². The Balaban J connectivity index is 2.52. The van der Waals surface area contributed by atoms with Gasteiger partial charge in [0.1, 0.15) is 9.84 Å². The Morgan fingerprint density at radius 2 is 2.00 bits per heavy atom. The number of hydrogen-bond acceptors (Lipinski definition) is 3. The van der Waals surface area contributed by atoms with Crippen LogP contribution in [0.25, 0.3) is 0 Å². The van der Waals surface area contributed by atoms with Crippen LogP contribution in [0.2, 0.25) is 5.02 Å². The van der Waals surface area contributed by atoms with Crippen molar-refractivity contribution in [3.05, 3.63) is 34.9 Å². The van der Waals surface area contributed by atoms with Gasteiger partial charge in [0.2, 0.25) is 0 Å². The van der Waals surface area contributed by atoms with E-state index in [4.69, 9.17) is 11.6 Å². The molecule has 0 fully saturated rings. The Kier molecular flexibility index (Phi) is 4.77. The summed E-state index contributed by atoms with van der Waals surface area (Å²) in [6.45, 7) is 0. The molecule has 0 aliphatic carbocycles. The standard InChI is InChI=1S/C11H15ClO3S/c1-16(14,15)7-6-10(13)8-9-4-2-3-5-11(9)12/h2-5,10,13H,6-8H2,1H3. The highest BCUT2D eigenvalue weighted by atomic mass is 35.5. The predicted octanol–water partition coefficient (Wildman–Crippen LogP) is 1.68. The number of sulfone groups is 1. The molecule has 1 rings (SSSR count). The van der Waals surface area contributed by atoms with Crippen LogP contribution < -0.4 is 0 Å². The van der Waals surface area contributed by atoms with Gasteiger partial charge in [-0.3, -0.25) is 0 Å². The van der Waals surface area contributed by atoms with E-state index in [9.17, 15) is 13.5 Å². The molecule has 0 saturated carbocycles. The topological polar surface area (TPSA) is 54.4 Å². The first-order valence-corrected chi connectivity index (χ1v) is 7.41. The van der Waals surface area contributed by atoms with E-state index in [1.807, 2.05) is 18.2 Å². The molecule has 1 aromatic carbocycles. The van der Waals surface area contributed by atoms with Gasteiger partial charge in [0.15, 0.2) is 0 Å². The van der Waals surface area contributed by atoms with Crippen molar-refractivity contribution in [2.75, 3.05) is 12.0 Å². The number of aliphatic hydroxyl groups excluding tert-OH is 1. The van der Waals surface area contributed by atoms with Crippen molar-refractivity contribution in [2.45, 2.75) is 18.9 Å². The van der Waals surface area contributed by atoms with Gasteiger partial charge in [-0.25, -0.2) is 8.42 Å². The monoisotopic (exact) mass is 262 g/mol. The van der Waals surface area contributed by atoms with Gasteiger partial charge < -0.3 is 5.11 Å². The van der Waals surface area contributed by atoms with Crippen molar-refractivity contribution in [3.8, 4) is 0 Å². The van der Waals surface area contributed by atoms with Crippen LogP contribution in [-0.2, 0) is 16.3 Å². The Bertz CT molecular complexity index is 442. The summed E-state index contributed by atoms with van der Waals surface area (Å²) < 4.78 is 21.8. The minimum Gasteiger partial charge on any atom is -0.393 e. The van der Waals surface area contributed by atoms with E-state index in [0.29, 0.717) is 11.4 Å². The lowest BCUT2D eigenvalue weighted by Gasteiger charge is -2.10. The third-order valence-electron chi connectivity index (χ3n) is 2.24. The Labute approximate surface area is 101 Å². The van der Waals surface area contributed by atoms with E-state index in [1.165, 1.54) is 0 Å². The number of aliphatic hydroxyl groups is 1. The van der Waals surface area contributed by atoms with Crippen molar-refractivity contribution in [1.29, 1.82) is 0 Å². The van der Waals surface area contributed by atoms with Crippen LogP contribution >= 0.6 is 11.6 Å². The highest BCUT2D eigenvalue weighted by molar-refractivity contribution is 7.90. The fraction of sp³-hybridized carbons (Fsp3) is 0.455. The third-order valence-corrected chi connectivity index (χ3v) is 3.58. The molecule has 1 atom stereocenters. The summed E-state index contributed by atoms with van der Waals surface area (Å²) in [5, 5.41) is 10.3. The lowest BCUT2D eigenvalue weighted by Crippen LogP contribution is -2.16. The normalized spacial score (nSPS) is 13.7. The molecule has 1 aromatic rings. The molecule has 0 radical (unpaired) electrons. The van der Waals surface area contributed by atoms with Crippen molar-refractivity contribution in [1.82, 2.24) is 0 Å². The van der Waals surface area contributed by atoms with Crippen LogP contribution in [0.4, 0.5) is 0 Å². The van der Waals surface area contributed by atoms with Gasteiger partial charge in [-0.2, -0.15) is 0 Å².